The summed E-state index contributed by atoms with van der Waals surface area (Å²) in [5.41, 5.74) is 0.648. The Morgan fingerprint density at radius 3 is 2.89 bits per heavy atom. The molecule has 142 valence electrons. The average Bonchev–Trinajstić information content (AvgIpc) is 3.44. The lowest BCUT2D eigenvalue weighted by atomic mass is 9.96. The molecule has 3 aromatic heterocycles. The molecule has 0 bridgehead atoms. The van der Waals surface area contributed by atoms with E-state index in [4.69, 9.17) is 0 Å². The van der Waals surface area contributed by atoms with Crippen molar-refractivity contribution in [3.05, 3.63) is 48.1 Å². The van der Waals surface area contributed by atoms with E-state index in [-0.39, 0.29) is 11.8 Å². The van der Waals surface area contributed by atoms with Crippen LogP contribution < -0.4 is 0 Å². The summed E-state index contributed by atoms with van der Waals surface area (Å²) in [5.74, 6) is 2.02. The highest BCUT2D eigenvalue weighted by Crippen LogP contribution is 2.26. The number of hydrogen-bond donors (Lipinski definition) is 0. The fraction of sp³-hybridized carbons (Fsp3) is 0.500. The van der Waals surface area contributed by atoms with Crippen LogP contribution in [0.5, 0.6) is 0 Å². The highest BCUT2D eigenvalue weighted by atomic mass is 16.2. The van der Waals surface area contributed by atoms with Crippen LogP contribution in [0.25, 0.3) is 0 Å². The molecule has 1 atom stereocenters. The van der Waals surface area contributed by atoms with Gasteiger partial charge in [0.2, 0.25) is 0 Å². The predicted molar refractivity (Wildman–Crippen MR) is 98.1 cm³/mol. The third kappa shape index (κ3) is 3.49. The van der Waals surface area contributed by atoms with Gasteiger partial charge in [-0.25, -0.2) is 0 Å². The van der Waals surface area contributed by atoms with E-state index in [1.54, 1.807) is 17.1 Å². The number of aromatic nitrogens is 7. The average molecular weight is 368 g/mol. The number of nitrogens with zero attached hydrogens (tertiary/aromatic N) is 8. The highest BCUT2D eigenvalue weighted by molar-refractivity contribution is 5.93. The highest BCUT2D eigenvalue weighted by Gasteiger charge is 2.29. The number of hydrogen-bond acceptors (Lipinski definition) is 5. The third-order valence-electron chi connectivity index (χ3n) is 5.14. The van der Waals surface area contributed by atoms with Crippen molar-refractivity contribution in [1.82, 2.24) is 39.2 Å². The third-order valence-corrected chi connectivity index (χ3v) is 5.14. The van der Waals surface area contributed by atoms with E-state index in [1.807, 2.05) is 46.6 Å². The molecule has 27 heavy (non-hydrogen) atoms. The van der Waals surface area contributed by atoms with Gasteiger partial charge in [0.25, 0.3) is 5.91 Å². The van der Waals surface area contributed by atoms with E-state index < -0.39 is 0 Å². The molecule has 0 aromatic carbocycles. The molecule has 0 spiro atoms. The topological polar surface area (TPSA) is 86.7 Å². The second kappa shape index (κ2) is 7.34. The van der Waals surface area contributed by atoms with E-state index in [2.05, 4.69) is 20.4 Å². The van der Waals surface area contributed by atoms with Gasteiger partial charge in [0.05, 0.1) is 11.8 Å². The van der Waals surface area contributed by atoms with Gasteiger partial charge >= 0.3 is 0 Å². The minimum Gasteiger partial charge on any atom is -0.338 e. The van der Waals surface area contributed by atoms with E-state index in [1.165, 1.54) is 0 Å². The van der Waals surface area contributed by atoms with E-state index in [0.717, 1.165) is 37.6 Å². The SMILES string of the molecule is CCn1cc(C(=O)N2CCCC(c3nnc(Cn4cccn4)n3C)C2)cn1. The molecule has 0 aliphatic carbocycles. The van der Waals surface area contributed by atoms with Crippen LogP contribution in [0.2, 0.25) is 0 Å². The molecule has 9 heteroatoms. The van der Waals surface area contributed by atoms with Crippen molar-refractivity contribution in [3.8, 4) is 0 Å². The maximum absolute atomic E-state index is 12.8. The van der Waals surface area contributed by atoms with Gasteiger partial charge in [-0.3, -0.25) is 14.2 Å². The Morgan fingerprint density at radius 2 is 2.15 bits per heavy atom. The van der Waals surface area contributed by atoms with Gasteiger partial charge < -0.3 is 9.47 Å². The van der Waals surface area contributed by atoms with Crippen molar-refractivity contribution < 1.29 is 4.79 Å². The smallest absolute Gasteiger partial charge is 0.257 e. The first-order chi connectivity index (χ1) is 13.2. The zero-order chi connectivity index (χ0) is 18.8. The van der Waals surface area contributed by atoms with Crippen LogP contribution >= 0.6 is 0 Å². The Hall–Kier alpha value is -2.97. The van der Waals surface area contributed by atoms with Gasteiger partial charge in [0.1, 0.15) is 12.4 Å². The van der Waals surface area contributed by atoms with Crippen molar-refractivity contribution in [1.29, 1.82) is 0 Å². The van der Waals surface area contributed by atoms with Crippen LogP contribution in [0.15, 0.2) is 30.9 Å². The Bertz CT molecular complexity index is 910. The molecule has 4 heterocycles. The maximum Gasteiger partial charge on any atom is 0.257 e. The van der Waals surface area contributed by atoms with E-state index in [0.29, 0.717) is 18.7 Å². The quantitative estimate of drug-likeness (QED) is 0.677. The number of piperidine rings is 1. The number of carbonyl (C=O) groups excluding carboxylic acids is 1. The number of carbonyl (C=O) groups is 1. The van der Waals surface area contributed by atoms with Gasteiger partial charge in [-0.05, 0) is 25.8 Å². The number of amides is 1. The van der Waals surface area contributed by atoms with Crippen LogP contribution in [0, 0.1) is 0 Å². The monoisotopic (exact) mass is 368 g/mol. The summed E-state index contributed by atoms with van der Waals surface area (Å²) in [6.07, 6.45) is 9.09. The Kier molecular flexibility index (Phi) is 4.74. The largest absolute Gasteiger partial charge is 0.338 e. The Labute approximate surface area is 157 Å². The molecule has 1 aliphatic heterocycles. The summed E-state index contributed by atoms with van der Waals surface area (Å²) in [6, 6.07) is 1.89. The van der Waals surface area contributed by atoms with Crippen molar-refractivity contribution in [3.63, 3.8) is 0 Å². The summed E-state index contributed by atoms with van der Waals surface area (Å²) in [7, 11) is 1.99. The molecule has 1 aliphatic rings. The van der Waals surface area contributed by atoms with Crippen LogP contribution in [0.3, 0.4) is 0 Å². The Balaban J connectivity index is 1.48. The molecule has 1 unspecified atom stereocenters. The minimum absolute atomic E-state index is 0.0401. The van der Waals surface area contributed by atoms with Crippen LogP contribution in [-0.2, 0) is 20.1 Å². The molecular weight excluding hydrogens is 344 g/mol. The Morgan fingerprint density at radius 1 is 1.26 bits per heavy atom. The maximum atomic E-state index is 12.8. The van der Waals surface area contributed by atoms with E-state index in [9.17, 15) is 4.79 Å². The molecule has 1 amide bonds. The van der Waals surface area contributed by atoms with Gasteiger partial charge in [0, 0.05) is 51.2 Å². The number of likely N-dealkylation sites (tertiary alicyclic amines) is 1. The zero-order valence-electron chi connectivity index (χ0n) is 15.7. The lowest BCUT2D eigenvalue weighted by Gasteiger charge is -2.32. The lowest BCUT2D eigenvalue weighted by Crippen LogP contribution is -2.39. The van der Waals surface area contributed by atoms with Gasteiger partial charge in [0.15, 0.2) is 5.82 Å². The summed E-state index contributed by atoms with van der Waals surface area (Å²) < 4.78 is 5.64. The summed E-state index contributed by atoms with van der Waals surface area (Å²) in [5, 5.41) is 17.2. The first-order valence-corrected chi connectivity index (χ1v) is 9.33. The van der Waals surface area contributed by atoms with Crippen molar-refractivity contribution in [2.24, 2.45) is 7.05 Å². The van der Waals surface area contributed by atoms with Gasteiger partial charge in [-0.1, -0.05) is 0 Å². The van der Waals surface area contributed by atoms with Gasteiger partial charge in [-0.15, -0.1) is 10.2 Å². The molecule has 0 radical (unpaired) electrons. The van der Waals surface area contributed by atoms with Crippen LogP contribution in [0.4, 0.5) is 0 Å². The summed E-state index contributed by atoms with van der Waals surface area (Å²) >= 11 is 0. The van der Waals surface area contributed by atoms with Crippen LogP contribution in [0.1, 0.15) is 47.7 Å². The summed E-state index contributed by atoms with van der Waals surface area (Å²) in [6.45, 7) is 4.78. The lowest BCUT2D eigenvalue weighted by molar-refractivity contribution is 0.0703. The molecule has 1 fully saturated rings. The molecule has 4 rings (SSSR count). The van der Waals surface area contributed by atoms with Crippen molar-refractivity contribution >= 4 is 5.91 Å². The van der Waals surface area contributed by atoms with Crippen molar-refractivity contribution in [2.75, 3.05) is 13.1 Å². The van der Waals surface area contributed by atoms with Gasteiger partial charge in [-0.2, -0.15) is 10.2 Å². The minimum atomic E-state index is 0.0401. The summed E-state index contributed by atoms with van der Waals surface area (Å²) in [4.78, 5) is 14.7. The zero-order valence-corrected chi connectivity index (χ0v) is 15.7. The number of aryl methyl sites for hydroxylation is 1. The molecule has 0 N–H and O–H groups in total. The first-order valence-electron chi connectivity index (χ1n) is 9.33. The molecule has 1 saturated heterocycles. The van der Waals surface area contributed by atoms with E-state index >= 15 is 0 Å². The van der Waals surface area contributed by atoms with Crippen molar-refractivity contribution in [2.45, 2.75) is 38.8 Å². The second-order valence-electron chi connectivity index (χ2n) is 6.91. The fourth-order valence-electron chi connectivity index (χ4n) is 3.61. The molecule has 3 aromatic rings. The van der Waals surface area contributed by atoms with Crippen LogP contribution in [-0.4, -0.2) is 58.2 Å². The normalized spacial score (nSPS) is 17.4. The second-order valence-corrected chi connectivity index (χ2v) is 6.91. The standard InChI is InChI=1S/C18H24N8O/c1-3-25-12-15(10-20-25)18(27)24-8-4-6-14(11-24)17-22-21-16(23(17)2)13-26-9-5-7-19-26/h5,7,9-10,12,14H,3-4,6,8,11,13H2,1-2H3. The number of rotatable bonds is 5. The predicted octanol–water partition coefficient (Wildman–Crippen LogP) is 1.30. The fourth-order valence-corrected chi connectivity index (χ4v) is 3.61. The first kappa shape index (κ1) is 17.4. The molecular formula is C18H24N8O. The molecule has 0 saturated carbocycles. The molecule has 9 nitrogen and oxygen atoms in total.